The van der Waals surface area contributed by atoms with Gasteiger partial charge >= 0.3 is 0 Å². The van der Waals surface area contributed by atoms with E-state index in [1.54, 1.807) is 0 Å². The number of rotatable bonds is 9. The van der Waals surface area contributed by atoms with Crippen molar-refractivity contribution < 1.29 is 9.53 Å². The van der Waals surface area contributed by atoms with Crippen LogP contribution in [0.1, 0.15) is 52.4 Å². The van der Waals surface area contributed by atoms with Crippen molar-refractivity contribution in [3.05, 3.63) is 0 Å². The van der Waals surface area contributed by atoms with Crippen LogP contribution in [0.4, 0.5) is 0 Å². The van der Waals surface area contributed by atoms with E-state index in [9.17, 15) is 4.79 Å². The van der Waals surface area contributed by atoms with E-state index in [2.05, 4.69) is 24.5 Å². The second-order valence-electron chi connectivity index (χ2n) is 5.85. The summed E-state index contributed by atoms with van der Waals surface area (Å²) in [6.45, 7) is 7.75. The third kappa shape index (κ3) is 9.00. The SMILES string of the molecule is CC(C)CCCCCCNC(=O)CC1CNCCO1. The predicted molar refractivity (Wildman–Crippen MR) is 78.2 cm³/mol. The number of hydrogen-bond acceptors (Lipinski definition) is 3. The van der Waals surface area contributed by atoms with Gasteiger partial charge in [0.25, 0.3) is 0 Å². The van der Waals surface area contributed by atoms with Gasteiger partial charge in [-0.25, -0.2) is 0 Å². The fraction of sp³-hybridized carbons (Fsp3) is 0.933. The van der Waals surface area contributed by atoms with Crippen LogP contribution >= 0.6 is 0 Å². The summed E-state index contributed by atoms with van der Waals surface area (Å²) in [5.41, 5.74) is 0. The first-order valence-electron chi connectivity index (χ1n) is 7.77. The number of amides is 1. The molecule has 4 heteroatoms. The number of unbranched alkanes of at least 4 members (excludes halogenated alkanes) is 3. The highest BCUT2D eigenvalue weighted by Crippen LogP contribution is 2.09. The van der Waals surface area contributed by atoms with Gasteiger partial charge in [0.15, 0.2) is 0 Å². The molecule has 19 heavy (non-hydrogen) atoms. The van der Waals surface area contributed by atoms with Crippen LogP contribution in [0.3, 0.4) is 0 Å². The Morgan fingerprint density at radius 3 is 2.79 bits per heavy atom. The summed E-state index contributed by atoms with van der Waals surface area (Å²) in [6.07, 6.45) is 6.76. The standard InChI is InChI=1S/C15H30N2O2/c1-13(2)7-5-3-4-6-8-17-15(18)11-14-12-16-9-10-19-14/h13-14,16H,3-12H2,1-2H3,(H,17,18). The molecule has 2 N–H and O–H groups in total. The van der Waals surface area contributed by atoms with Crippen LogP contribution in [0.15, 0.2) is 0 Å². The highest BCUT2D eigenvalue weighted by molar-refractivity contribution is 5.76. The first-order chi connectivity index (χ1) is 9.18. The maximum absolute atomic E-state index is 11.7. The van der Waals surface area contributed by atoms with Gasteiger partial charge in [0.1, 0.15) is 0 Å². The fourth-order valence-electron chi connectivity index (χ4n) is 2.29. The largest absolute Gasteiger partial charge is 0.375 e. The van der Waals surface area contributed by atoms with E-state index in [1.807, 2.05) is 0 Å². The molecule has 1 heterocycles. The fourth-order valence-corrected chi connectivity index (χ4v) is 2.29. The molecule has 1 aliphatic rings. The molecule has 0 radical (unpaired) electrons. The summed E-state index contributed by atoms with van der Waals surface area (Å²) in [5.74, 6) is 0.930. The number of carbonyl (C=O) groups excluding carboxylic acids is 1. The zero-order valence-electron chi connectivity index (χ0n) is 12.5. The highest BCUT2D eigenvalue weighted by Gasteiger charge is 2.16. The lowest BCUT2D eigenvalue weighted by Crippen LogP contribution is -2.41. The Morgan fingerprint density at radius 2 is 2.11 bits per heavy atom. The van der Waals surface area contributed by atoms with E-state index < -0.39 is 0 Å². The number of morpholine rings is 1. The zero-order chi connectivity index (χ0) is 13.9. The minimum Gasteiger partial charge on any atom is -0.375 e. The van der Waals surface area contributed by atoms with Crippen molar-refractivity contribution in [2.24, 2.45) is 5.92 Å². The van der Waals surface area contributed by atoms with Crippen LogP contribution in [0.25, 0.3) is 0 Å². The topological polar surface area (TPSA) is 50.4 Å². The van der Waals surface area contributed by atoms with Gasteiger partial charge in [-0.1, -0.05) is 39.5 Å². The first-order valence-corrected chi connectivity index (χ1v) is 7.77. The number of nitrogens with one attached hydrogen (secondary N) is 2. The van der Waals surface area contributed by atoms with Crippen LogP contribution in [-0.2, 0) is 9.53 Å². The number of carbonyl (C=O) groups is 1. The molecular formula is C15H30N2O2. The smallest absolute Gasteiger partial charge is 0.222 e. The molecule has 0 aromatic carbocycles. The Morgan fingerprint density at radius 1 is 1.32 bits per heavy atom. The molecule has 0 aliphatic carbocycles. The molecule has 1 saturated heterocycles. The summed E-state index contributed by atoms with van der Waals surface area (Å²) >= 11 is 0. The van der Waals surface area contributed by atoms with Crippen LogP contribution in [0.5, 0.6) is 0 Å². The van der Waals surface area contributed by atoms with Gasteiger partial charge in [0.05, 0.1) is 19.1 Å². The van der Waals surface area contributed by atoms with E-state index >= 15 is 0 Å². The van der Waals surface area contributed by atoms with Crippen LogP contribution in [-0.4, -0.2) is 38.3 Å². The quantitative estimate of drug-likeness (QED) is 0.631. The molecule has 0 aromatic heterocycles. The normalized spacial score (nSPS) is 19.6. The first kappa shape index (κ1) is 16.4. The van der Waals surface area contributed by atoms with Gasteiger partial charge in [-0.15, -0.1) is 0 Å². The number of ether oxygens (including phenoxy) is 1. The molecule has 0 spiro atoms. The van der Waals surface area contributed by atoms with Gasteiger partial charge in [-0.2, -0.15) is 0 Å². The third-order valence-electron chi connectivity index (χ3n) is 3.45. The van der Waals surface area contributed by atoms with Crippen molar-refractivity contribution in [1.29, 1.82) is 0 Å². The summed E-state index contributed by atoms with van der Waals surface area (Å²) < 4.78 is 5.51. The minimum absolute atomic E-state index is 0.0554. The molecule has 0 saturated carbocycles. The van der Waals surface area contributed by atoms with Gasteiger partial charge in [-0.3, -0.25) is 4.79 Å². The van der Waals surface area contributed by atoms with Crippen molar-refractivity contribution in [3.63, 3.8) is 0 Å². The van der Waals surface area contributed by atoms with Crippen molar-refractivity contribution in [1.82, 2.24) is 10.6 Å². The Bertz CT molecular complexity index is 238. The molecular weight excluding hydrogens is 240 g/mol. The molecule has 1 fully saturated rings. The molecule has 1 unspecified atom stereocenters. The van der Waals surface area contributed by atoms with Gasteiger partial charge in [-0.05, 0) is 12.3 Å². The maximum Gasteiger partial charge on any atom is 0.222 e. The monoisotopic (exact) mass is 270 g/mol. The third-order valence-corrected chi connectivity index (χ3v) is 3.45. The lowest BCUT2D eigenvalue weighted by Gasteiger charge is -2.23. The second-order valence-corrected chi connectivity index (χ2v) is 5.85. The van der Waals surface area contributed by atoms with Crippen LogP contribution < -0.4 is 10.6 Å². The summed E-state index contributed by atoms with van der Waals surface area (Å²) in [6, 6.07) is 0. The van der Waals surface area contributed by atoms with E-state index in [0.29, 0.717) is 13.0 Å². The summed E-state index contributed by atoms with van der Waals surface area (Å²) in [7, 11) is 0. The summed E-state index contributed by atoms with van der Waals surface area (Å²) in [5, 5.41) is 6.22. The average molecular weight is 270 g/mol. The zero-order valence-corrected chi connectivity index (χ0v) is 12.5. The van der Waals surface area contributed by atoms with Gasteiger partial charge in [0, 0.05) is 19.6 Å². The lowest BCUT2D eigenvalue weighted by molar-refractivity contribution is -0.124. The van der Waals surface area contributed by atoms with Crippen LogP contribution in [0, 0.1) is 5.92 Å². The molecule has 4 nitrogen and oxygen atoms in total. The van der Waals surface area contributed by atoms with E-state index in [4.69, 9.17) is 4.74 Å². The van der Waals surface area contributed by atoms with Gasteiger partial charge in [0.2, 0.25) is 5.91 Å². The number of hydrogen-bond donors (Lipinski definition) is 2. The van der Waals surface area contributed by atoms with Crippen molar-refractivity contribution in [2.75, 3.05) is 26.2 Å². The van der Waals surface area contributed by atoms with Crippen molar-refractivity contribution >= 4 is 5.91 Å². The lowest BCUT2D eigenvalue weighted by atomic mass is 10.0. The molecule has 112 valence electrons. The highest BCUT2D eigenvalue weighted by atomic mass is 16.5. The molecule has 1 amide bonds. The predicted octanol–water partition coefficient (Wildman–Crippen LogP) is 2.09. The molecule has 1 aliphatic heterocycles. The molecule has 1 atom stereocenters. The van der Waals surface area contributed by atoms with Crippen molar-refractivity contribution in [2.45, 2.75) is 58.5 Å². The minimum atomic E-state index is 0.0554. The molecule has 0 aromatic rings. The van der Waals surface area contributed by atoms with Crippen LogP contribution in [0.2, 0.25) is 0 Å². The average Bonchev–Trinajstić information content (AvgIpc) is 2.38. The van der Waals surface area contributed by atoms with Gasteiger partial charge < -0.3 is 15.4 Å². The maximum atomic E-state index is 11.7. The van der Waals surface area contributed by atoms with E-state index in [-0.39, 0.29) is 12.0 Å². The molecule has 0 bridgehead atoms. The Kier molecular flexibility index (Phi) is 8.84. The Balaban J connectivity index is 1.89. The second kappa shape index (κ2) is 10.2. The Hall–Kier alpha value is -0.610. The Labute approximate surface area is 117 Å². The van der Waals surface area contributed by atoms with Crippen molar-refractivity contribution in [3.8, 4) is 0 Å². The molecule has 1 rings (SSSR count). The summed E-state index contributed by atoms with van der Waals surface area (Å²) in [4.78, 5) is 11.7. The van der Waals surface area contributed by atoms with E-state index in [1.165, 1.54) is 25.7 Å². The van der Waals surface area contributed by atoms with E-state index in [0.717, 1.165) is 32.0 Å².